The van der Waals surface area contributed by atoms with Crippen LogP contribution in [-0.4, -0.2) is 15.7 Å². The second-order valence-electron chi connectivity index (χ2n) is 7.45. The van der Waals surface area contributed by atoms with Crippen LogP contribution in [0, 0.1) is 13.8 Å². The van der Waals surface area contributed by atoms with Gasteiger partial charge in [0.05, 0.1) is 23.8 Å². The van der Waals surface area contributed by atoms with Crippen molar-refractivity contribution < 1.29 is 4.79 Å². The fourth-order valence-electron chi connectivity index (χ4n) is 3.91. The van der Waals surface area contributed by atoms with Crippen molar-refractivity contribution in [1.29, 1.82) is 0 Å². The van der Waals surface area contributed by atoms with Crippen molar-refractivity contribution in [2.75, 3.05) is 0 Å². The lowest BCUT2D eigenvalue weighted by Crippen LogP contribution is -2.27. The molecular formula is C25H25N3O. The molecule has 3 aromatic carbocycles. The lowest BCUT2D eigenvalue weighted by molar-refractivity contribution is 0.0939. The molecule has 1 heterocycles. The first-order valence-electron chi connectivity index (χ1n) is 9.91. The van der Waals surface area contributed by atoms with Crippen LogP contribution in [0.2, 0.25) is 0 Å². The molecule has 1 amide bonds. The molecule has 0 saturated carbocycles. The first-order chi connectivity index (χ1) is 14.0. The van der Waals surface area contributed by atoms with Gasteiger partial charge in [-0.2, -0.15) is 5.10 Å². The standard InChI is InChI=1S/C25H25N3O/c1-17(22-15-9-13-21-12-7-8-14-23(21)22)26-25(29)24-18(2)27-28(19(24)3)16-20-10-5-4-6-11-20/h4-15,17H,16H2,1-3H3,(H,26,29)/t17-/m1/s1. The van der Waals surface area contributed by atoms with Crippen LogP contribution >= 0.6 is 0 Å². The summed E-state index contributed by atoms with van der Waals surface area (Å²) in [6.07, 6.45) is 0. The molecule has 0 fully saturated rings. The SMILES string of the molecule is Cc1nn(Cc2ccccc2)c(C)c1C(=O)N[C@H](C)c1cccc2ccccc12. The largest absolute Gasteiger partial charge is 0.345 e. The maximum absolute atomic E-state index is 13.1. The van der Waals surface area contributed by atoms with Crippen LogP contribution in [0.4, 0.5) is 0 Å². The highest BCUT2D eigenvalue weighted by molar-refractivity contribution is 5.97. The highest BCUT2D eigenvalue weighted by Gasteiger charge is 2.21. The number of amides is 1. The van der Waals surface area contributed by atoms with Gasteiger partial charge in [0.25, 0.3) is 5.91 Å². The molecule has 29 heavy (non-hydrogen) atoms. The second kappa shape index (κ2) is 7.92. The number of hydrogen-bond donors (Lipinski definition) is 1. The average molecular weight is 383 g/mol. The number of nitrogens with one attached hydrogen (secondary N) is 1. The third-order valence-corrected chi connectivity index (χ3v) is 5.42. The van der Waals surface area contributed by atoms with Gasteiger partial charge in [0.2, 0.25) is 0 Å². The van der Waals surface area contributed by atoms with Crippen LogP contribution < -0.4 is 5.32 Å². The summed E-state index contributed by atoms with van der Waals surface area (Å²) >= 11 is 0. The van der Waals surface area contributed by atoms with Crippen LogP contribution in [0.15, 0.2) is 72.8 Å². The number of rotatable bonds is 5. The van der Waals surface area contributed by atoms with E-state index in [2.05, 4.69) is 46.8 Å². The maximum Gasteiger partial charge on any atom is 0.255 e. The minimum atomic E-state index is -0.107. The number of benzene rings is 3. The summed E-state index contributed by atoms with van der Waals surface area (Å²) in [7, 11) is 0. The van der Waals surface area contributed by atoms with Crippen LogP contribution in [0.5, 0.6) is 0 Å². The third-order valence-electron chi connectivity index (χ3n) is 5.42. The van der Waals surface area contributed by atoms with E-state index in [1.54, 1.807) is 0 Å². The number of hydrogen-bond acceptors (Lipinski definition) is 2. The average Bonchev–Trinajstić information content (AvgIpc) is 3.01. The molecule has 4 aromatic rings. The van der Waals surface area contributed by atoms with E-state index < -0.39 is 0 Å². The van der Waals surface area contributed by atoms with Gasteiger partial charge in [-0.25, -0.2) is 0 Å². The minimum Gasteiger partial charge on any atom is -0.345 e. The van der Waals surface area contributed by atoms with Gasteiger partial charge in [0.15, 0.2) is 0 Å². The van der Waals surface area contributed by atoms with Crippen molar-refractivity contribution in [3.63, 3.8) is 0 Å². The molecule has 4 rings (SSSR count). The van der Waals surface area contributed by atoms with Crippen LogP contribution in [0.25, 0.3) is 10.8 Å². The van der Waals surface area contributed by atoms with Crippen molar-refractivity contribution in [3.05, 3.63) is 101 Å². The Labute approximate surface area is 171 Å². The lowest BCUT2D eigenvalue weighted by atomic mass is 9.99. The second-order valence-corrected chi connectivity index (χ2v) is 7.45. The Morgan fingerprint density at radius 2 is 1.66 bits per heavy atom. The molecule has 0 bridgehead atoms. The van der Waals surface area contributed by atoms with Crippen LogP contribution in [-0.2, 0) is 6.54 Å². The van der Waals surface area contributed by atoms with Gasteiger partial charge in [-0.05, 0) is 42.7 Å². The Bertz CT molecular complexity index is 1160. The molecule has 0 aliphatic rings. The molecule has 0 aliphatic heterocycles. The summed E-state index contributed by atoms with van der Waals surface area (Å²) in [4.78, 5) is 13.1. The monoisotopic (exact) mass is 383 g/mol. The summed E-state index contributed by atoms with van der Waals surface area (Å²) in [5.41, 5.74) is 4.57. The van der Waals surface area contributed by atoms with Gasteiger partial charge < -0.3 is 5.32 Å². The van der Waals surface area contributed by atoms with Crippen LogP contribution in [0.3, 0.4) is 0 Å². The zero-order valence-electron chi connectivity index (χ0n) is 17.0. The van der Waals surface area contributed by atoms with E-state index in [-0.39, 0.29) is 11.9 Å². The quantitative estimate of drug-likeness (QED) is 0.515. The smallest absolute Gasteiger partial charge is 0.255 e. The van der Waals surface area contributed by atoms with Crippen molar-refractivity contribution in [2.45, 2.75) is 33.4 Å². The molecule has 0 spiro atoms. The Kier molecular flexibility index (Phi) is 5.17. The van der Waals surface area contributed by atoms with E-state index in [4.69, 9.17) is 0 Å². The van der Waals surface area contributed by atoms with Crippen molar-refractivity contribution >= 4 is 16.7 Å². The van der Waals surface area contributed by atoms with E-state index in [0.29, 0.717) is 12.1 Å². The van der Waals surface area contributed by atoms with E-state index in [1.165, 1.54) is 5.39 Å². The Balaban J connectivity index is 1.58. The van der Waals surface area contributed by atoms with Crippen molar-refractivity contribution in [1.82, 2.24) is 15.1 Å². The zero-order valence-corrected chi connectivity index (χ0v) is 17.0. The van der Waals surface area contributed by atoms with Gasteiger partial charge in [-0.15, -0.1) is 0 Å². The van der Waals surface area contributed by atoms with E-state index in [9.17, 15) is 4.79 Å². The summed E-state index contributed by atoms with van der Waals surface area (Å²) in [6.45, 7) is 6.53. The number of nitrogens with zero attached hydrogens (tertiary/aromatic N) is 2. The topological polar surface area (TPSA) is 46.9 Å². The summed E-state index contributed by atoms with van der Waals surface area (Å²) in [5, 5.41) is 10.1. The predicted octanol–water partition coefficient (Wildman–Crippen LogP) is 5.19. The molecule has 1 N–H and O–H groups in total. The number of carbonyl (C=O) groups is 1. The Morgan fingerprint density at radius 1 is 0.966 bits per heavy atom. The first kappa shape index (κ1) is 18.9. The first-order valence-corrected chi connectivity index (χ1v) is 9.91. The molecular weight excluding hydrogens is 358 g/mol. The zero-order chi connectivity index (χ0) is 20.4. The lowest BCUT2D eigenvalue weighted by Gasteiger charge is -2.17. The molecule has 0 saturated heterocycles. The molecule has 0 radical (unpaired) electrons. The van der Waals surface area contributed by atoms with Gasteiger partial charge in [0.1, 0.15) is 0 Å². The molecule has 0 unspecified atom stereocenters. The molecule has 4 heteroatoms. The Hall–Kier alpha value is -3.40. The highest BCUT2D eigenvalue weighted by Crippen LogP contribution is 2.25. The summed E-state index contributed by atoms with van der Waals surface area (Å²) in [5.74, 6) is -0.0836. The molecule has 1 atom stereocenters. The Morgan fingerprint density at radius 3 is 2.45 bits per heavy atom. The van der Waals surface area contributed by atoms with Crippen molar-refractivity contribution in [2.24, 2.45) is 0 Å². The van der Waals surface area contributed by atoms with E-state index >= 15 is 0 Å². The summed E-state index contributed by atoms with van der Waals surface area (Å²) < 4.78 is 1.90. The van der Waals surface area contributed by atoms with Gasteiger partial charge in [-0.1, -0.05) is 72.8 Å². The van der Waals surface area contributed by atoms with Crippen molar-refractivity contribution in [3.8, 4) is 0 Å². The minimum absolute atomic E-state index is 0.0836. The highest BCUT2D eigenvalue weighted by atomic mass is 16.1. The number of aryl methyl sites for hydroxylation is 1. The molecule has 1 aromatic heterocycles. The predicted molar refractivity (Wildman–Crippen MR) is 117 cm³/mol. The molecule has 146 valence electrons. The number of aromatic nitrogens is 2. The third kappa shape index (κ3) is 3.79. The number of fused-ring (bicyclic) bond motifs is 1. The van der Waals surface area contributed by atoms with E-state index in [1.807, 2.05) is 61.9 Å². The van der Waals surface area contributed by atoms with Gasteiger partial charge >= 0.3 is 0 Å². The molecule has 4 nitrogen and oxygen atoms in total. The molecule has 0 aliphatic carbocycles. The summed E-state index contributed by atoms with van der Waals surface area (Å²) in [6, 6.07) is 24.5. The fraction of sp³-hybridized carbons (Fsp3) is 0.200. The maximum atomic E-state index is 13.1. The van der Waals surface area contributed by atoms with Gasteiger partial charge in [-0.3, -0.25) is 9.48 Å². The number of carbonyl (C=O) groups excluding carboxylic acids is 1. The van der Waals surface area contributed by atoms with Gasteiger partial charge in [0, 0.05) is 5.69 Å². The normalized spacial score (nSPS) is 12.1. The fourth-order valence-corrected chi connectivity index (χ4v) is 3.91. The van der Waals surface area contributed by atoms with Crippen LogP contribution in [0.1, 0.15) is 45.8 Å². The van der Waals surface area contributed by atoms with E-state index in [0.717, 1.165) is 27.9 Å².